The average Bonchev–Trinajstić information content (AvgIpc) is 2.73. The molecule has 0 aromatic heterocycles. The minimum absolute atomic E-state index is 0.0486. The number of rotatable bonds is 5. The third-order valence-corrected chi connectivity index (χ3v) is 4.79. The molecule has 136 valence electrons. The van der Waals surface area contributed by atoms with Gasteiger partial charge in [0.1, 0.15) is 18.5 Å². The number of nitrogens with one attached hydrogen (secondary N) is 1. The van der Waals surface area contributed by atoms with Crippen molar-refractivity contribution in [2.75, 3.05) is 11.9 Å². The standard InChI is InChI=1S/C23H22N2O2/c1-2-25-22(24-21-14-7-6-13-20(21)23(25)26)18-11-8-12-19(15-18)27-16-17-9-4-3-5-10-17/h3-15,22,24H,2,16H2,1H3. The fourth-order valence-electron chi connectivity index (χ4n) is 3.40. The first-order valence-corrected chi connectivity index (χ1v) is 9.19. The molecule has 4 rings (SSSR count). The maximum absolute atomic E-state index is 12.9. The van der Waals surface area contributed by atoms with Crippen molar-refractivity contribution in [2.24, 2.45) is 0 Å². The topological polar surface area (TPSA) is 41.6 Å². The number of benzene rings is 3. The van der Waals surface area contributed by atoms with Gasteiger partial charge in [0.05, 0.1) is 5.56 Å². The zero-order valence-electron chi connectivity index (χ0n) is 15.3. The van der Waals surface area contributed by atoms with Crippen LogP contribution in [-0.4, -0.2) is 17.4 Å². The van der Waals surface area contributed by atoms with E-state index in [2.05, 4.69) is 5.32 Å². The molecule has 0 spiro atoms. The van der Waals surface area contributed by atoms with Crippen LogP contribution in [0.4, 0.5) is 5.69 Å². The third-order valence-electron chi connectivity index (χ3n) is 4.79. The number of nitrogens with zero attached hydrogens (tertiary/aromatic N) is 1. The molecular weight excluding hydrogens is 336 g/mol. The Labute approximate surface area is 159 Å². The predicted octanol–water partition coefficient (Wildman–Crippen LogP) is 4.85. The Bertz CT molecular complexity index is 940. The number of ether oxygens (including phenoxy) is 1. The molecule has 1 amide bonds. The third kappa shape index (κ3) is 3.51. The van der Waals surface area contributed by atoms with Crippen LogP contribution >= 0.6 is 0 Å². The minimum atomic E-state index is -0.210. The number of fused-ring (bicyclic) bond motifs is 1. The summed E-state index contributed by atoms with van der Waals surface area (Å²) in [4.78, 5) is 14.7. The second kappa shape index (κ2) is 7.54. The molecule has 1 heterocycles. The summed E-state index contributed by atoms with van der Waals surface area (Å²) in [5, 5.41) is 3.50. The van der Waals surface area contributed by atoms with Gasteiger partial charge in [-0.1, -0.05) is 54.6 Å². The molecule has 0 saturated heterocycles. The van der Waals surface area contributed by atoms with Crippen molar-refractivity contribution in [1.29, 1.82) is 0 Å². The van der Waals surface area contributed by atoms with Crippen molar-refractivity contribution in [3.8, 4) is 5.75 Å². The molecule has 4 nitrogen and oxygen atoms in total. The Hall–Kier alpha value is -3.27. The van der Waals surface area contributed by atoms with Crippen molar-refractivity contribution in [3.05, 3.63) is 95.6 Å². The molecule has 3 aromatic rings. The maximum atomic E-state index is 12.9. The summed E-state index contributed by atoms with van der Waals surface area (Å²) in [6, 6.07) is 25.7. The molecule has 1 aliphatic heterocycles. The number of para-hydroxylation sites is 1. The van der Waals surface area contributed by atoms with E-state index in [1.165, 1.54) is 0 Å². The number of hydrogen-bond donors (Lipinski definition) is 1. The molecule has 0 bridgehead atoms. The fraction of sp³-hybridized carbons (Fsp3) is 0.174. The molecule has 3 aromatic carbocycles. The van der Waals surface area contributed by atoms with E-state index < -0.39 is 0 Å². The molecule has 0 radical (unpaired) electrons. The Morgan fingerprint density at radius 2 is 1.74 bits per heavy atom. The van der Waals surface area contributed by atoms with E-state index in [9.17, 15) is 4.79 Å². The van der Waals surface area contributed by atoms with Gasteiger partial charge in [-0.05, 0) is 42.3 Å². The van der Waals surface area contributed by atoms with E-state index in [-0.39, 0.29) is 12.1 Å². The van der Waals surface area contributed by atoms with Gasteiger partial charge in [-0.15, -0.1) is 0 Å². The van der Waals surface area contributed by atoms with Crippen LogP contribution in [0.1, 0.15) is 34.6 Å². The number of carbonyl (C=O) groups is 1. The Balaban J connectivity index is 1.58. The van der Waals surface area contributed by atoms with E-state index in [0.717, 1.165) is 22.6 Å². The average molecular weight is 358 g/mol. The highest BCUT2D eigenvalue weighted by Gasteiger charge is 2.31. The van der Waals surface area contributed by atoms with Gasteiger partial charge >= 0.3 is 0 Å². The SMILES string of the molecule is CCN1C(=O)c2ccccc2NC1c1cccc(OCc2ccccc2)c1. The fourth-order valence-corrected chi connectivity index (χ4v) is 3.40. The summed E-state index contributed by atoms with van der Waals surface area (Å²) in [6.07, 6.45) is -0.210. The minimum Gasteiger partial charge on any atom is -0.489 e. The highest BCUT2D eigenvalue weighted by atomic mass is 16.5. The van der Waals surface area contributed by atoms with Crippen LogP contribution in [0.2, 0.25) is 0 Å². The number of carbonyl (C=O) groups excluding carboxylic acids is 1. The van der Waals surface area contributed by atoms with Crippen molar-refractivity contribution >= 4 is 11.6 Å². The van der Waals surface area contributed by atoms with Crippen LogP contribution in [0, 0.1) is 0 Å². The summed E-state index contributed by atoms with van der Waals surface area (Å²) < 4.78 is 5.96. The molecular formula is C23H22N2O2. The van der Waals surface area contributed by atoms with Gasteiger partial charge < -0.3 is 15.0 Å². The van der Waals surface area contributed by atoms with Gasteiger partial charge in [0.15, 0.2) is 0 Å². The molecule has 27 heavy (non-hydrogen) atoms. The van der Waals surface area contributed by atoms with Gasteiger partial charge in [-0.25, -0.2) is 0 Å². The van der Waals surface area contributed by atoms with Crippen LogP contribution < -0.4 is 10.1 Å². The second-order valence-corrected chi connectivity index (χ2v) is 6.53. The normalized spacial score (nSPS) is 15.8. The summed E-state index contributed by atoms with van der Waals surface area (Å²) in [7, 11) is 0. The van der Waals surface area contributed by atoms with Gasteiger partial charge in [-0.2, -0.15) is 0 Å². The lowest BCUT2D eigenvalue weighted by Gasteiger charge is -2.37. The summed E-state index contributed by atoms with van der Waals surface area (Å²) in [5.74, 6) is 0.841. The van der Waals surface area contributed by atoms with Crippen LogP contribution in [0.15, 0.2) is 78.9 Å². The Kier molecular flexibility index (Phi) is 4.79. The summed E-state index contributed by atoms with van der Waals surface area (Å²) in [6.45, 7) is 3.14. The van der Waals surface area contributed by atoms with E-state index in [1.54, 1.807) is 0 Å². The molecule has 1 N–H and O–H groups in total. The monoisotopic (exact) mass is 358 g/mol. The largest absolute Gasteiger partial charge is 0.489 e. The lowest BCUT2D eigenvalue weighted by Crippen LogP contribution is -2.42. The predicted molar refractivity (Wildman–Crippen MR) is 107 cm³/mol. The Morgan fingerprint density at radius 1 is 0.963 bits per heavy atom. The molecule has 1 aliphatic rings. The van der Waals surface area contributed by atoms with E-state index >= 15 is 0 Å². The first-order valence-electron chi connectivity index (χ1n) is 9.19. The lowest BCUT2D eigenvalue weighted by atomic mass is 10.0. The van der Waals surface area contributed by atoms with Crippen LogP contribution in [0.25, 0.3) is 0 Å². The smallest absolute Gasteiger partial charge is 0.257 e. The van der Waals surface area contributed by atoms with Crippen molar-refractivity contribution < 1.29 is 9.53 Å². The first-order chi connectivity index (χ1) is 13.3. The summed E-state index contributed by atoms with van der Waals surface area (Å²) in [5.41, 5.74) is 3.71. The molecule has 0 saturated carbocycles. The van der Waals surface area contributed by atoms with Crippen molar-refractivity contribution in [2.45, 2.75) is 19.7 Å². The van der Waals surface area contributed by atoms with Crippen molar-refractivity contribution in [3.63, 3.8) is 0 Å². The lowest BCUT2D eigenvalue weighted by molar-refractivity contribution is 0.0694. The Morgan fingerprint density at radius 3 is 2.56 bits per heavy atom. The molecule has 0 fully saturated rings. The van der Waals surface area contributed by atoms with Gasteiger partial charge in [-0.3, -0.25) is 4.79 Å². The van der Waals surface area contributed by atoms with Crippen LogP contribution in [0.5, 0.6) is 5.75 Å². The molecule has 1 atom stereocenters. The van der Waals surface area contributed by atoms with Crippen LogP contribution in [0.3, 0.4) is 0 Å². The first kappa shape index (κ1) is 17.2. The maximum Gasteiger partial charge on any atom is 0.257 e. The number of amides is 1. The zero-order valence-corrected chi connectivity index (χ0v) is 15.3. The van der Waals surface area contributed by atoms with E-state index in [4.69, 9.17) is 4.74 Å². The van der Waals surface area contributed by atoms with E-state index in [0.29, 0.717) is 18.7 Å². The molecule has 4 heteroatoms. The highest BCUT2D eigenvalue weighted by molar-refractivity contribution is 6.01. The van der Waals surface area contributed by atoms with Gasteiger partial charge in [0.2, 0.25) is 0 Å². The quantitative estimate of drug-likeness (QED) is 0.709. The molecule has 1 unspecified atom stereocenters. The zero-order chi connectivity index (χ0) is 18.6. The van der Waals surface area contributed by atoms with Crippen LogP contribution in [-0.2, 0) is 6.61 Å². The second-order valence-electron chi connectivity index (χ2n) is 6.53. The van der Waals surface area contributed by atoms with E-state index in [1.807, 2.05) is 90.7 Å². The number of anilines is 1. The van der Waals surface area contributed by atoms with Gasteiger partial charge in [0, 0.05) is 12.2 Å². The number of hydrogen-bond acceptors (Lipinski definition) is 3. The van der Waals surface area contributed by atoms with Crippen molar-refractivity contribution in [1.82, 2.24) is 4.90 Å². The highest BCUT2D eigenvalue weighted by Crippen LogP contribution is 2.33. The summed E-state index contributed by atoms with van der Waals surface area (Å²) >= 11 is 0. The van der Waals surface area contributed by atoms with Gasteiger partial charge in [0.25, 0.3) is 5.91 Å². The molecule has 0 aliphatic carbocycles.